The zero-order valence-electron chi connectivity index (χ0n) is 25.6. The molecule has 52 heavy (non-hydrogen) atoms. The summed E-state index contributed by atoms with van der Waals surface area (Å²) in [7, 11) is 0. The molecule has 4 nitrogen and oxygen atoms in total. The molecule has 274 valence electrons. The monoisotopic (exact) mass is 806 g/mol. The average Bonchev–Trinajstić information content (AvgIpc) is 3.75. The second-order valence-corrected chi connectivity index (χ2v) is 11.1. The molecule has 2 aromatic heterocycles. The molecule has 4 aromatic rings. The van der Waals surface area contributed by atoms with E-state index in [0.29, 0.717) is 30.0 Å². The van der Waals surface area contributed by atoms with Crippen LogP contribution in [0.25, 0.3) is 21.8 Å². The fourth-order valence-corrected chi connectivity index (χ4v) is 5.08. The van der Waals surface area contributed by atoms with Gasteiger partial charge in [-0.1, -0.05) is 17.7 Å². The molecule has 2 aromatic carbocycles. The Balaban J connectivity index is 0.000000228. The van der Waals surface area contributed by atoms with Crippen LogP contribution < -0.4 is 9.47 Å². The number of pyridine rings is 2. The second kappa shape index (κ2) is 16.1. The third kappa shape index (κ3) is 9.87. The predicted molar refractivity (Wildman–Crippen MR) is 160 cm³/mol. The number of benzene rings is 2. The number of fused-ring (bicyclic) bond motifs is 2. The summed E-state index contributed by atoms with van der Waals surface area (Å²) >= 11 is 5.58. The van der Waals surface area contributed by atoms with Crippen molar-refractivity contribution >= 4 is 33.4 Å². The maximum Gasteiger partial charge on any atom is 2.00 e. The van der Waals surface area contributed by atoms with Crippen molar-refractivity contribution in [2.75, 3.05) is 13.2 Å². The van der Waals surface area contributed by atoms with Gasteiger partial charge in [0.2, 0.25) is 0 Å². The Kier molecular flexibility index (Phi) is 12.8. The molecule has 0 aliphatic heterocycles. The van der Waals surface area contributed by atoms with Gasteiger partial charge in [-0.15, -0.1) is 0 Å². The molecule has 0 N–H and O–H groups in total. The van der Waals surface area contributed by atoms with E-state index in [2.05, 4.69) is 9.97 Å². The van der Waals surface area contributed by atoms with Crippen LogP contribution in [0, 0.1) is 63.2 Å². The minimum atomic E-state index is -4.98. The molecule has 0 bridgehead atoms. The van der Waals surface area contributed by atoms with E-state index < -0.39 is 63.3 Å². The van der Waals surface area contributed by atoms with Crippen LogP contribution in [-0.4, -0.2) is 23.2 Å². The van der Waals surface area contributed by atoms with E-state index in [0.717, 1.165) is 18.2 Å². The van der Waals surface area contributed by atoms with Gasteiger partial charge in [0.15, 0.2) is 0 Å². The number of alkyl halides is 12. The van der Waals surface area contributed by atoms with Crippen LogP contribution in [0.3, 0.4) is 0 Å². The third-order valence-corrected chi connectivity index (χ3v) is 7.43. The van der Waals surface area contributed by atoms with Gasteiger partial charge in [-0.2, -0.15) is 52.7 Å². The van der Waals surface area contributed by atoms with Crippen molar-refractivity contribution in [2.45, 2.75) is 24.7 Å². The molecule has 2 aliphatic carbocycles. The third-order valence-electron chi connectivity index (χ3n) is 7.12. The second-order valence-electron chi connectivity index (χ2n) is 10.7. The molecule has 0 saturated heterocycles. The van der Waals surface area contributed by atoms with E-state index in [1.807, 2.05) is 0 Å². The molecular formula is C34H19ClF12FeN2O2+2. The first kappa shape index (κ1) is 41.6. The van der Waals surface area contributed by atoms with Gasteiger partial charge < -0.3 is 9.47 Å². The fraction of sp³-hybridized carbons (Fsp3) is 0.176. The SMILES string of the molecule is FC(F)(F)c1cc(OC[C]2[CH][CH][CH][CH]2)c2ccc(Cl)c(C(F)(F)F)c2n1.FC(F)(F)c1cc(OC[C]2[CH][CH][CH][CH]2)c2cccc(C(F)(F)F)c2n1.[Fe+2]. The Labute approximate surface area is 304 Å². The van der Waals surface area contributed by atoms with Crippen molar-refractivity contribution in [3.8, 4) is 11.5 Å². The molecule has 18 heteroatoms. The summed E-state index contributed by atoms with van der Waals surface area (Å²) in [4.78, 5) is 6.36. The van der Waals surface area contributed by atoms with Gasteiger partial charge >= 0.3 is 41.8 Å². The minimum absolute atomic E-state index is 0. The van der Waals surface area contributed by atoms with E-state index in [1.165, 1.54) is 6.07 Å². The summed E-state index contributed by atoms with van der Waals surface area (Å²) < 4.78 is 168. The molecule has 6 rings (SSSR count). The number of hydrogen-bond acceptors (Lipinski definition) is 4. The first-order chi connectivity index (χ1) is 23.7. The minimum Gasteiger partial charge on any atom is -0.492 e. The fourth-order valence-electron chi connectivity index (χ4n) is 4.82. The van der Waals surface area contributed by atoms with Crippen molar-refractivity contribution in [3.63, 3.8) is 0 Å². The van der Waals surface area contributed by atoms with Crippen LogP contribution >= 0.6 is 11.6 Å². The molecule has 0 atom stereocenters. The smallest absolute Gasteiger partial charge is 0.492 e. The van der Waals surface area contributed by atoms with Crippen LogP contribution in [-0.2, 0) is 41.8 Å². The van der Waals surface area contributed by atoms with E-state index in [-0.39, 0.29) is 52.6 Å². The van der Waals surface area contributed by atoms with Crippen molar-refractivity contribution < 1.29 is 79.2 Å². The zero-order chi connectivity index (χ0) is 37.4. The number of para-hydroxylation sites is 1. The Hall–Kier alpha value is -3.17. The van der Waals surface area contributed by atoms with E-state index in [1.54, 1.807) is 51.4 Å². The Morgan fingerprint density at radius 3 is 1.40 bits per heavy atom. The summed E-state index contributed by atoms with van der Waals surface area (Å²) in [6.07, 6.45) is -6.10. The molecular weight excluding hydrogens is 788 g/mol. The number of ether oxygens (including phenoxy) is 2. The molecule has 10 radical (unpaired) electrons. The summed E-state index contributed by atoms with van der Waals surface area (Å²) in [6.45, 7) is -0.174. The number of halogens is 13. The average molecular weight is 807 g/mol. The van der Waals surface area contributed by atoms with Gasteiger partial charge in [0.05, 0.1) is 34.8 Å². The summed E-state index contributed by atoms with van der Waals surface area (Å²) in [6, 6.07) is 6.35. The number of rotatable bonds is 6. The van der Waals surface area contributed by atoms with Crippen LogP contribution in [0.15, 0.2) is 42.5 Å². The van der Waals surface area contributed by atoms with E-state index in [9.17, 15) is 52.7 Å². The van der Waals surface area contributed by atoms with Crippen LogP contribution in [0.5, 0.6) is 11.5 Å². The molecule has 2 saturated carbocycles. The predicted octanol–water partition coefficient (Wildman–Crippen LogP) is 10.8. The molecule has 2 fully saturated rings. The maximum absolute atomic E-state index is 13.3. The summed E-state index contributed by atoms with van der Waals surface area (Å²) in [5, 5.41) is -1.07. The van der Waals surface area contributed by atoms with Gasteiger partial charge in [0.25, 0.3) is 0 Å². The number of nitrogens with zero attached hydrogens (tertiary/aromatic N) is 2. The first-order valence-electron chi connectivity index (χ1n) is 14.3. The Morgan fingerprint density at radius 2 is 0.981 bits per heavy atom. The Morgan fingerprint density at radius 1 is 0.538 bits per heavy atom. The van der Waals surface area contributed by atoms with Crippen molar-refractivity contribution in [1.82, 2.24) is 9.97 Å². The summed E-state index contributed by atoms with van der Waals surface area (Å²) in [5.74, 6) is 0.689. The molecule has 0 spiro atoms. The standard InChI is InChI=1S/C17H9ClF6NO.C17H10F6NO.Fe/c18-11-6-5-10-12(26-8-9-3-1-2-4-9)7-13(16(19,20)21)25-15(10)14(11)17(22,23)24;18-16(19,20)12-7-3-6-11-13(25-9-10-4-1-2-5-10)8-14(17(21,22)23)24-15(11)12;/h1-7H,8H2;1-8H,9H2;/q;;+2. The van der Waals surface area contributed by atoms with Gasteiger partial charge in [0.1, 0.15) is 28.5 Å². The molecule has 2 aliphatic rings. The van der Waals surface area contributed by atoms with Crippen LogP contribution in [0.4, 0.5) is 52.7 Å². The largest absolute Gasteiger partial charge is 2.00 e. The quantitative estimate of drug-likeness (QED) is 0.144. The van der Waals surface area contributed by atoms with Gasteiger partial charge in [-0.05, 0) is 75.6 Å². The van der Waals surface area contributed by atoms with Crippen LogP contribution in [0.2, 0.25) is 5.02 Å². The maximum atomic E-state index is 13.3. The normalized spacial score (nSPS) is 16.2. The first-order valence-corrected chi connectivity index (χ1v) is 14.6. The topological polar surface area (TPSA) is 44.2 Å². The molecule has 2 heterocycles. The zero-order valence-corrected chi connectivity index (χ0v) is 27.4. The van der Waals surface area contributed by atoms with Crippen LogP contribution in [0.1, 0.15) is 22.5 Å². The molecule has 0 unspecified atom stereocenters. The van der Waals surface area contributed by atoms with Crippen molar-refractivity contribution in [2.24, 2.45) is 0 Å². The number of aromatic nitrogens is 2. The number of hydrogen-bond donors (Lipinski definition) is 0. The molecule has 0 amide bonds. The van der Waals surface area contributed by atoms with E-state index >= 15 is 0 Å². The van der Waals surface area contributed by atoms with Crippen molar-refractivity contribution in [1.29, 1.82) is 0 Å². The van der Waals surface area contributed by atoms with Gasteiger partial charge in [-0.3, -0.25) is 0 Å². The Bertz CT molecular complexity index is 1850. The van der Waals surface area contributed by atoms with Gasteiger partial charge in [0, 0.05) is 34.7 Å². The summed E-state index contributed by atoms with van der Waals surface area (Å²) in [5.41, 5.74) is -7.29. The van der Waals surface area contributed by atoms with E-state index in [4.69, 9.17) is 21.1 Å². The van der Waals surface area contributed by atoms with Gasteiger partial charge in [-0.25, -0.2) is 9.97 Å². The van der Waals surface area contributed by atoms with Crippen molar-refractivity contribution in [3.05, 3.63) is 133 Å².